The maximum atomic E-state index is 13.1. The molecule has 2 saturated carbocycles. The van der Waals surface area contributed by atoms with Gasteiger partial charge in [0.15, 0.2) is 0 Å². The fourth-order valence-electron chi connectivity index (χ4n) is 10.3. The van der Waals surface area contributed by atoms with Crippen molar-refractivity contribution >= 4 is 81.1 Å². The Balaban J connectivity index is 0.000000171. The van der Waals surface area contributed by atoms with Crippen LogP contribution in [0, 0.1) is 23.7 Å². The number of alkyl halides is 1. The van der Waals surface area contributed by atoms with Gasteiger partial charge in [-0.25, -0.2) is 9.97 Å². The minimum Gasteiger partial charge on any atom is -0.481 e. The van der Waals surface area contributed by atoms with Gasteiger partial charge in [-0.1, -0.05) is 59.0 Å². The van der Waals surface area contributed by atoms with Crippen LogP contribution in [0.4, 0.5) is 23.0 Å². The van der Waals surface area contributed by atoms with Gasteiger partial charge in [0.05, 0.1) is 28.4 Å². The van der Waals surface area contributed by atoms with Crippen LogP contribution in [0.2, 0.25) is 0 Å². The Bertz CT molecular complexity index is 2430. The summed E-state index contributed by atoms with van der Waals surface area (Å²) in [7, 11) is 0. The van der Waals surface area contributed by atoms with Gasteiger partial charge in [0.25, 0.3) is 11.8 Å². The molecule has 2 aromatic carbocycles. The standard InChI is InChI=1S/C26H31N5O3.C17H20N2O4.C9H13N3.CH3I/c32-24-18-31(26(34)21-5-1-2-6-22(21)28-24)17-19-8-10-20(11-9-19)25(33)30-15-13-29(14-16-30)23-7-3-4-12-27-23;20-15-10-19(9-11-5-7-12(8-6-11)17(22)23)16(21)13-3-1-2-4-14(13)18-15;1-2-4-11-9(3-1)12-7-5-10-6-8-12;1-2/h1-7,12,19-20H,8-11,13-18H2,(H,28,32);1-4,11-12H,5-10H2,(H,18,20)(H,22,23);1-4,10H,5-8H2;1H3/i;;;1D. The largest absolute Gasteiger partial charge is 0.481 e. The molecule has 2 aromatic heterocycles. The molecule has 4 aromatic rings. The van der Waals surface area contributed by atoms with E-state index in [9.17, 15) is 28.8 Å². The highest BCUT2D eigenvalue weighted by Gasteiger charge is 2.35. The van der Waals surface area contributed by atoms with E-state index in [0.717, 1.165) is 103 Å². The van der Waals surface area contributed by atoms with Crippen LogP contribution in [-0.4, -0.2) is 149 Å². The second kappa shape index (κ2) is 26.3. The SMILES string of the molecule is O=C1CN(CC2CCC(C(=O)N3CCN(c4ccccn4)CC3)CC2)C(=O)c2ccccc2N1.O=C1CN(CC2CCC(C(=O)O)CC2)C(=O)c2ccccc2N1.[2H]CI.c1ccc(N2CCNCC2)nc1. The molecule has 0 bridgehead atoms. The van der Waals surface area contributed by atoms with Crippen LogP contribution < -0.4 is 25.8 Å². The number of carbonyl (C=O) groups is 6. The van der Waals surface area contributed by atoms with E-state index >= 15 is 0 Å². The molecule has 71 heavy (non-hydrogen) atoms. The lowest BCUT2D eigenvalue weighted by atomic mass is 9.81. The van der Waals surface area contributed by atoms with Gasteiger partial charge in [-0.2, -0.15) is 0 Å². The highest BCUT2D eigenvalue weighted by Crippen LogP contribution is 2.33. The van der Waals surface area contributed by atoms with Crippen LogP contribution in [0.1, 0.15) is 73.5 Å². The molecule has 0 spiro atoms. The molecule has 2 saturated heterocycles. The third kappa shape index (κ3) is 14.5. The predicted molar refractivity (Wildman–Crippen MR) is 283 cm³/mol. The van der Waals surface area contributed by atoms with E-state index in [2.05, 4.69) is 41.8 Å². The van der Waals surface area contributed by atoms with Gasteiger partial charge >= 0.3 is 5.97 Å². The number of rotatable bonds is 8. The summed E-state index contributed by atoms with van der Waals surface area (Å²) in [6.07, 6.45) is 9.98. The topological polar surface area (TPSA) is 201 Å². The summed E-state index contributed by atoms with van der Waals surface area (Å²) in [6.45, 7) is 8.52. The Morgan fingerprint density at radius 1 is 0.606 bits per heavy atom. The number of carboxylic acids is 1. The number of benzene rings is 2. The quantitative estimate of drug-likeness (QED) is 0.116. The second-order valence-corrected chi connectivity index (χ2v) is 18.8. The van der Waals surface area contributed by atoms with Gasteiger partial charge in [-0.05, 0) is 117 Å². The van der Waals surface area contributed by atoms with Crippen molar-refractivity contribution < 1.29 is 35.2 Å². The fraction of sp³-hybridized carbons (Fsp3) is 0.472. The summed E-state index contributed by atoms with van der Waals surface area (Å²) >= 11 is 1.96. The molecular weight excluding hydrogens is 1020 g/mol. The Hall–Kier alpha value is -6.15. The molecule has 378 valence electrons. The summed E-state index contributed by atoms with van der Waals surface area (Å²) in [5, 5.41) is 18.0. The van der Waals surface area contributed by atoms with Crippen LogP contribution in [0.3, 0.4) is 0 Å². The van der Waals surface area contributed by atoms with Crippen LogP contribution in [-0.2, 0) is 19.2 Å². The molecule has 2 aliphatic carbocycles. The van der Waals surface area contributed by atoms with Gasteiger partial charge in [-0.15, -0.1) is 0 Å². The number of carboxylic acid groups (broad SMARTS) is 1. The number of fused-ring (bicyclic) bond motifs is 2. The van der Waals surface area contributed by atoms with Gasteiger partial charge < -0.3 is 45.6 Å². The molecule has 18 heteroatoms. The van der Waals surface area contributed by atoms with Crippen molar-refractivity contribution in [2.75, 3.05) is 104 Å². The van der Waals surface area contributed by atoms with Crippen LogP contribution >= 0.6 is 22.6 Å². The molecule has 0 unspecified atom stereocenters. The number of nitrogens with zero attached hydrogens (tertiary/aromatic N) is 7. The van der Waals surface area contributed by atoms with E-state index in [1.807, 2.05) is 76.2 Å². The fourth-order valence-corrected chi connectivity index (χ4v) is 10.3. The number of anilines is 4. The Labute approximate surface area is 431 Å². The Morgan fingerprint density at radius 3 is 1.46 bits per heavy atom. The first-order chi connectivity index (χ1) is 35.0. The van der Waals surface area contributed by atoms with E-state index in [1.54, 1.807) is 52.4 Å². The number of halogens is 1. The summed E-state index contributed by atoms with van der Waals surface area (Å²) in [5.41, 5.74) is 2.19. The third-order valence-electron chi connectivity index (χ3n) is 14.1. The minimum atomic E-state index is -0.734. The zero-order chi connectivity index (χ0) is 50.8. The molecule has 6 aliphatic rings. The van der Waals surface area contributed by atoms with E-state index < -0.39 is 5.97 Å². The first kappa shape index (κ1) is 51.2. The smallest absolute Gasteiger partial charge is 0.306 e. The van der Waals surface area contributed by atoms with Crippen molar-refractivity contribution in [2.24, 2.45) is 23.7 Å². The summed E-state index contributed by atoms with van der Waals surface area (Å²) in [5.74, 6) is 1.36. The minimum absolute atomic E-state index is 0.0480. The number of pyridine rings is 2. The highest BCUT2D eigenvalue weighted by atomic mass is 127. The number of aliphatic carboxylic acids is 1. The van der Waals surface area contributed by atoms with Crippen molar-refractivity contribution in [3.63, 3.8) is 0 Å². The van der Waals surface area contributed by atoms with Crippen molar-refractivity contribution in [1.29, 1.82) is 0 Å². The molecule has 4 aliphatic heterocycles. The molecule has 0 atom stereocenters. The number of amides is 5. The lowest BCUT2D eigenvalue weighted by Crippen LogP contribution is -2.51. The van der Waals surface area contributed by atoms with E-state index in [0.29, 0.717) is 59.3 Å². The van der Waals surface area contributed by atoms with Gasteiger partial charge in [-0.3, -0.25) is 28.8 Å². The van der Waals surface area contributed by atoms with Crippen molar-refractivity contribution in [3.05, 3.63) is 108 Å². The molecule has 6 heterocycles. The molecule has 4 fully saturated rings. The summed E-state index contributed by atoms with van der Waals surface area (Å²) in [4.78, 5) is 93.2. The lowest BCUT2D eigenvalue weighted by Gasteiger charge is -2.38. The number of aromatic nitrogens is 2. The monoisotopic (exact) mass is 1080 g/mol. The number of hydrogen-bond acceptors (Lipinski definition) is 11. The molecular formula is C53H67IN10O7. The Morgan fingerprint density at radius 2 is 1.03 bits per heavy atom. The first-order valence-corrected chi connectivity index (χ1v) is 26.3. The maximum Gasteiger partial charge on any atom is 0.306 e. The Kier molecular flexibility index (Phi) is 19.0. The van der Waals surface area contributed by atoms with Crippen molar-refractivity contribution in [2.45, 2.75) is 51.4 Å². The van der Waals surface area contributed by atoms with E-state index in [1.165, 1.54) is 0 Å². The molecule has 17 nitrogen and oxygen atoms in total. The maximum absolute atomic E-state index is 13.1. The lowest BCUT2D eigenvalue weighted by molar-refractivity contribution is -0.143. The first-order valence-electron chi connectivity index (χ1n) is 25.5. The summed E-state index contributed by atoms with van der Waals surface area (Å²) in [6, 6.07) is 26.1. The van der Waals surface area contributed by atoms with Crippen molar-refractivity contribution in [3.8, 4) is 0 Å². The summed E-state index contributed by atoms with van der Waals surface area (Å²) < 4.78 is 6.20. The number of para-hydroxylation sites is 2. The van der Waals surface area contributed by atoms with Gasteiger partial charge in [0.2, 0.25) is 17.7 Å². The molecule has 10 rings (SSSR count). The predicted octanol–water partition coefficient (Wildman–Crippen LogP) is 6.15. The molecule has 5 amide bonds. The number of piperazine rings is 2. The van der Waals surface area contributed by atoms with E-state index in [-0.39, 0.29) is 60.4 Å². The molecule has 4 N–H and O–H groups in total. The normalized spacial score (nSPS) is 22.4. The van der Waals surface area contributed by atoms with Crippen LogP contribution in [0.15, 0.2) is 97.3 Å². The second-order valence-electron chi connectivity index (χ2n) is 18.8. The zero-order valence-electron chi connectivity index (χ0n) is 41.3. The average Bonchev–Trinajstić information content (AvgIpc) is 3.62. The van der Waals surface area contributed by atoms with E-state index in [4.69, 9.17) is 6.48 Å². The number of carbonyl (C=O) groups excluding carboxylic acids is 5. The zero-order valence-corrected chi connectivity index (χ0v) is 42.5. The molecule has 0 radical (unpaired) electrons. The number of hydrogen-bond donors (Lipinski definition) is 4. The number of nitrogens with one attached hydrogen (secondary N) is 3. The highest BCUT2D eigenvalue weighted by molar-refractivity contribution is 14.1. The van der Waals surface area contributed by atoms with Crippen molar-refractivity contribution in [1.82, 2.24) is 30.0 Å². The van der Waals surface area contributed by atoms with Gasteiger partial charge in [0, 0.05) is 85.1 Å². The van der Waals surface area contributed by atoms with Crippen LogP contribution in [0.25, 0.3) is 0 Å². The van der Waals surface area contributed by atoms with Gasteiger partial charge in [0.1, 0.15) is 24.7 Å². The van der Waals surface area contributed by atoms with Crippen LogP contribution in [0.5, 0.6) is 0 Å². The average molecular weight is 1080 g/mol. The third-order valence-corrected chi connectivity index (χ3v) is 14.1.